The zero-order valence-corrected chi connectivity index (χ0v) is 18.0. The molecule has 0 saturated heterocycles. The van der Waals surface area contributed by atoms with E-state index in [2.05, 4.69) is 15.6 Å². The number of fused-ring (bicyclic) bond motifs is 1. The van der Waals surface area contributed by atoms with Gasteiger partial charge in [0.25, 0.3) is 5.91 Å². The zero-order valence-electron chi connectivity index (χ0n) is 18.0. The molecule has 0 spiro atoms. The van der Waals surface area contributed by atoms with Gasteiger partial charge < -0.3 is 15.4 Å². The Morgan fingerprint density at radius 3 is 2.42 bits per heavy atom. The van der Waals surface area contributed by atoms with Gasteiger partial charge in [-0.05, 0) is 56.5 Å². The van der Waals surface area contributed by atoms with E-state index in [0.29, 0.717) is 16.9 Å². The molecular weight excluding hydrogens is 394 g/mol. The van der Waals surface area contributed by atoms with Gasteiger partial charge in [0.1, 0.15) is 0 Å². The lowest BCUT2D eigenvalue weighted by molar-refractivity contribution is -0.126. The van der Waals surface area contributed by atoms with Gasteiger partial charge in [-0.15, -0.1) is 0 Å². The minimum atomic E-state index is -0.622. The van der Waals surface area contributed by atoms with Gasteiger partial charge in [-0.3, -0.25) is 14.6 Å². The number of rotatable bonds is 6. The van der Waals surface area contributed by atoms with E-state index in [1.54, 1.807) is 13.0 Å². The Hall–Kier alpha value is -3.74. The third kappa shape index (κ3) is 5.06. The third-order valence-corrected chi connectivity index (χ3v) is 5.20. The van der Waals surface area contributed by atoms with Gasteiger partial charge in [0.2, 0.25) is 5.91 Å². The predicted molar refractivity (Wildman–Crippen MR) is 119 cm³/mol. The number of esters is 1. The van der Waals surface area contributed by atoms with Gasteiger partial charge in [-0.2, -0.15) is 0 Å². The van der Waals surface area contributed by atoms with Crippen molar-refractivity contribution >= 4 is 34.4 Å². The van der Waals surface area contributed by atoms with Gasteiger partial charge in [0, 0.05) is 11.1 Å². The standard InChI is InChI=1S/C24H25N3O4/c1-14-8-7-11-19(15(14)2)27-21(28)12-25-22(29)13-31-24(30)23-16(3)18-9-5-6-10-20(18)26-17(23)4/h5-11H,12-13H2,1-4H3,(H,25,29)(H,27,28). The molecule has 160 valence electrons. The van der Waals surface area contributed by atoms with Crippen LogP contribution in [0.3, 0.4) is 0 Å². The van der Waals surface area contributed by atoms with Gasteiger partial charge in [-0.25, -0.2) is 4.79 Å². The van der Waals surface area contributed by atoms with Crippen LogP contribution in [0.25, 0.3) is 10.9 Å². The van der Waals surface area contributed by atoms with E-state index >= 15 is 0 Å². The molecule has 1 heterocycles. The molecule has 7 nitrogen and oxygen atoms in total. The smallest absolute Gasteiger partial charge is 0.340 e. The van der Waals surface area contributed by atoms with Crippen molar-refractivity contribution < 1.29 is 19.1 Å². The molecule has 0 aliphatic heterocycles. The van der Waals surface area contributed by atoms with Crippen LogP contribution < -0.4 is 10.6 Å². The second-order valence-electron chi connectivity index (χ2n) is 7.36. The summed E-state index contributed by atoms with van der Waals surface area (Å²) in [7, 11) is 0. The van der Waals surface area contributed by atoms with Crippen molar-refractivity contribution in [1.29, 1.82) is 0 Å². The number of hydrogen-bond acceptors (Lipinski definition) is 5. The molecule has 3 rings (SSSR count). The van der Waals surface area contributed by atoms with Gasteiger partial charge >= 0.3 is 5.97 Å². The van der Waals surface area contributed by atoms with Crippen molar-refractivity contribution in [1.82, 2.24) is 10.3 Å². The predicted octanol–water partition coefficient (Wildman–Crippen LogP) is 3.38. The SMILES string of the molecule is Cc1cccc(NC(=O)CNC(=O)COC(=O)c2c(C)nc3ccccc3c2C)c1C. The Bertz CT molecular complexity index is 1170. The average Bonchev–Trinajstić information content (AvgIpc) is 2.74. The zero-order chi connectivity index (χ0) is 22.5. The van der Waals surface area contributed by atoms with Crippen LogP contribution in [0.2, 0.25) is 0 Å². The largest absolute Gasteiger partial charge is 0.452 e. The Labute approximate surface area is 180 Å². The number of carbonyl (C=O) groups is 3. The summed E-state index contributed by atoms with van der Waals surface area (Å²) >= 11 is 0. The highest BCUT2D eigenvalue weighted by Crippen LogP contribution is 2.23. The summed E-state index contributed by atoms with van der Waals surface area (Å²) in [5.74, 6) is -1.55. The number of aryl methyl sites for hydroxylation is 3. The lowest BCUT2D eigenvalue weighted by atomic mass is 10.0. The number of amides is 2. The van der Waals surface area contributed by atoms with E-state index in [0.717, 1.165) is 27.6 Å². The van der Waals surface area contributed by atoms with Crippen LogP contribution in [0, 0.1) is 27.7 Å². The van der Waals surface area contributed by atoms with Crippen molar-refractivity contribution in [2.45, 2.75) is 27.7 Å². The number of hydrogen-bond donors (Lipinski definition) is 2. The third-order valence-electron chi connectivity index (χ3n) is 5.20. The molecule has 31 heavy (non-hydrogen) atoms. The minimum Gasteiger partial charge on any atom is -0.452 e. The first-order valence-electron chi connectivity index (χ1n) is 9.93. The van der Waals surface area contributed by atoms with Gasteiger partial charge in [0.05, 0.1) is 23.3 Å². The molecule has 7 heteroatoms. The first-order chi connectivity index (χ1) is 14.8. The lowest BCUT2D eigenvalue weighted by Crippen LogP contribution is -2.35. The number of benzene rings is 2. The van der Waals surface area contributed by atoms with Crippen molar-refractivity contribution in [3.63, 3.8) is 0 Å². The first kappa shape index (κ1) is 22.0. The Morgan fingerprint density at radius 1 is 0.903 bits per heavy atom. The maximum absolute atomic E-state index is 12.6. The maximum atomic E-state index is 12.6. The number of nitrogens with zero attached hydrogens (tertiary/aromatic N) is 1. The summed E-state index contributed by atoms with van der Waals surface area (Å²) in [4.78, 5) is 41.2. The number of anilines is 1. The fourth-order valence-electron chi connectivity index (χ4n) is 3.35. The molecule has 0 radical (unpaired) electrons. The summed E-state index contributed by atoms with van der Waals surface area (Å²) in [5, 5.41) is 6.07. The van der Waals surface area contributed by atoms with Gasteiger partial charge in [-0.1, -0.05) is 30.3 Å². The molecule has 0 bridgehead atoms. The number of aromatic nitrogens is 1. The van der Waals surface area contributed by atoms with Crippen LogP contribution in [-0.4, -0.2) is 35.9 Å². The molecule has 0 saturated carbocycles. The van der Waals surface area contributed by atoms with Crippen molar-refractivity contribution in [2.75, 3.05) is 18.5 Å². The number of pyridine rings is 1. The fourth-order valence-corrected chi connectivity index (χ4v) is 3.35. The summed E-state index contributed by atoms with van der Waals surface area (Å²) in [6, 6.07) is 13.1. The number of nitrogens with one attached hydrogen (secondary N) is 2. The van der Waals surface area contributed by atoms with E-state index in [-0.39, 0.29) is 12.5 Å². The molecule has 2 aromatic carbocycles. The molecule has 3 aromatic rings. The maximum Gasteiger partial charge on any atom is 0.340 e. The van der Waals surface area contributed by atoms with Crippen LogP contribution in [0.5, 0.6) is 0 Å². The fraction of sp³-hybridized carbons (Fsp3) is 0.250. The van der Waals surface area contributed by atoms with E-state index in [9.17, 15) is 14.4 Å². The quantitative estimate of drug-likeness (QED) is 0.597. The second-order valence-corrected chi connectivity index (χ2v) is 7.36. The van der Waals surface area contributed by atoms with Crippen LogP contribution >= 0.6 is 0 Å². The highest BCUT2D eigenvalue weighted by Gasteiger charge is 2.19. The average molecular weight is 419 g/mol. The monoisotopic (exact) mass is 419 g/mol. The Balaban J connectivity index is 1.55. The summed E-state index contributed by atoms with van der Waals surface area (Å²) in [6.07, 6.45) is 0. The highest BCUT2D eigenvalue weighted by molar-refractivity contribution is 5.99. The van der Waals surface area contributed by atoms with Crippen LogP contribution in [0.1, 0.15) is 32.7 Å². The van der Waals surface area contributed by atoms with E-state index in [4.69, 9.17) is 4.74 Å². The topological polar surface area (TPSA) is 97.4 Å². The highest BCUT2D eigenvalue weighted by atomic mass is 16.5. The molecule has 0 fully saturated rings. The molecule has 0 unspecified atom stereocenters. The molecule has 2 amide bonds. The lowest BCUT2D eigenvalue weighted by Gasteiger charge is -2.13. The van der Waals surface area contributed by atoms with Crippen LogP contribution in [0.4, 0.5) is 5.69 Å². The van der Waals surface area contributed by atoms with Crippen LogP contribution in [-0.2, 0) is 14.3 Å². The van der Waals surface area contributed by atoms with E-state index in [1.807, 2.05) is 57.2 Å². The molecule has 0 aliphatic rings. The van der Waals surface area contributed by atoms with Crippen LogP contribution in [0.15, 0.2) is 42.5 Å². The molecule has 2 N–H and O–H groups in total. The Kier molecular flexibility index (Phi) is 6.65. The summed E-state index contributed by atoms with van der Waals surface area (Å²) in [6.45, 7) is 6.71. The second kappa shape index (κ2) is 9.38. The molecular formula is C24H25N3O4. The van der Waals surface area contributed by atoms with Gasteiger partial charge in [0.15, 0.2) is 6.61 Å². The van der Waals surface area contributed by atoms with Crippen molar-refractivity contribution in [2.24, 2.45) is 0 Å². The number of carbonyl (C=O) groups excluding carboxylic acids is 3. The molecule has 0 aliphatic carbocycles. The summed E-state index contributed by atoms with van der Waals surface area (Å²) < 4.78 is 5.16. The molecule has 0 atom stereocenters. The number of para-hydroxylation sites is 1. The summed E-state index contributed by atoms with van der Waals surface area (Å²) in [5.41, 5.74) is 5.14. The van der Waals surface area contributed by atoms with Crippen molar-refractivity contribution in [3.05, 3.63) is 70.4 Å². The van der Waals surface area contributed by atoms with E-state index in [1.165, 1.54) is 0 Å². The number of ether oxygens (including phenoxy) is 1. The normalized spacial score (nSPS) is 10.6. The first-order valence-corrected chi connectivity index (χ1v) is 9.93. The van der Waals surface area contributed by atoms with Crippen molar-refractivity contribution in [3.8, 4) is 0 Å². The molecule has 1 aromatic heterocycles. The minimum absolute atomic E-state index is 0.223. The van der Waals surface area contributed by atoms with E-state index < -0.39 is 18.5 Å². The Morgan fingerprint density at radius 2 is 1.65 bits per heavy atom.